The maximum Gasteiger partial charge on any atom is 0.295 e. The number of Topliss-reactive ketones (excluding diaryl/α,β-unsaturated/α-hetero) is 1. The van der Waals surface area contributed by atoms with Crippen LogP contribution in [-0.2, 0) is 11.3 Å². The number of nitrogens with one attached hydrogen (secondary N) is 1. The number of hydrogen-bond acceptors (Lipinski definition) is 5. The minimum Gasteiger partial charge on any atom is -0.461 e. The van der Waals surface area contributed by atoms with Gasteiger partial charge in [0.1, 0.15) is 5.15 Å². The van der Waals surface area contributed by atoms with Crippen LogP contribution in [0.3, 0.4) is 0 Å². The van der Waals surface area contributed by atoms with Crippen molar-refractivity contribution in [1.29, 1.82) is 0 Å². The lowest BCUT2D eigenvalue weighted by Gasteiger charge is -2.16. The highest BCUT2D eigenvalue weighted by Crippen LogP contribution is 2.18. The second-order valence-corrected chi connectivity index (χ2v) is 6.28. The van der Waals surface area contributed by atoms with E-state index in [0.29, 0.717) is 17.6 Å². The molecule has 1 atom stereocenters. The van der Waals surface area contributed by atoms with Crippen molar-refractivity contribution in [2.75, 3.05) is 19.6 Å². The van der Waals surface area contributed by atoms with Crippen LogP contribution in [0, 0.1) is 5.92 Å². The van der Waals surface area contributed by atoms with Gasteiger partial charge in [-0.1, -0.05) is 17.7 Å². The Balaban J connectivity index is 1.43. The van der Waals surface area contributed by atoms with Gasteiger partial charge in [0.2, 0.25) is 0 Å². The van der Waals surface area contributed by atoms with E-state index in [1.54, 1.807) is 18.3 Å². The first-order chi connectivity index (χ1) is 11.6. The van der Waals surface area contributed by atoms with Crippen LogP contribution in [0.5, 0.6) is 0 Å². The lowest BCUT2D eigenvalue weighted by atomic mass is 10.1. The molecule has 2 aromatic rings. The van der Waals surface area contributed by atoms with Crippen molar-refractivity contribution < 1.29 is 14.0 Å². The number of likely N-dealkylation sites (tertiary alicyclic amines) is 1. The summed E-state index contributed by atoms with van der Waals surface area (Å²) in [6.07, 6.45) is 4.14. The van der Waals surface area contributed by atoms with Crippen molar-refractivity contribution in [2.24, 2.45) is 5.92 Å². The summed E-state index contributed by atoms with van der Waals surface area (Å²) < 4.78 is 4.95. The molecule has 3 rings (SSSR count). The Hall–Kier alpha value is -2.18. The SMILES string of the molecule is O=C(NC[C@@H]1CCN(Cc2ccc(Cl)nc2)C1)C(=O)c1ccco1. The van der Waals surface area contributed by atoms with Gasteiger partial charge in [-0.05, 0) is 42.6 Å². The molecule has 1 saturated heterocycles. The first-order valence-electron chi connectivity index (χ1n) is 7.80. The van der Waals surface area contributed by atoms with Gasteiger partial charge >= 0.3 is 0 Å². The van der Waals surface area contributed by atoms with Crippen LogP contribution in [0.15, 0.2) is 41.1 Å². The maximum absolute atomic E-state index is 11.8. The molecule has 0 aromatic carbocycles. The summed E-state index contributed by atoms with van der Waals surface area (Å²) in [6.45, 7) is 3.12. The minimum atomic E-state index is -0.637. The van der Waals surface area contributed by atoms with Crippen molar-refractivity contribution in [1.82, 2.24) is 15.2 Å². The summed E-state index contributed by atoms with van der Waals surface area (Å²) in [5.74, 6) is -0.859. The molecule has 1 amide bonds. The standard InChI is InChI=1S/C17H18ClN3O3/c18-15-4-3-12(8-19-15)10-21-6-5-13(11-21)9-20-17(23)16(22)14-2-1-7-24-14/h1-4,7-8,13H,5-6,9-11H2,(H,20,23)/t13-/m0/s1. The zero-order valence-electron chi connectivity index (χ0n) is 13.1. The van der Waals surface area contributed by atoms with Gasteiger partial charge in [-0.25, -0.2) is 4.98 Å². The van der Waals surface area contributed by atoms with Crippen LogP contribution < -0.4 is 5.32 Å². The normalized spacial score (nSPS) is 17.8. The Morgan fingerprint density at radius 1 is 1.38 bits per heavy atom. The fourth-order valence-electron chi connectivity index (χ4n) is 2.82. The van der Waals surface area contributed by atoms with Gasteiger partial charge in [-0.15, -0.1) is 0 Å². The Kier molecular flexibility index (Phi) is 5.27. The summed E-state index contributed by atoms with van der Waals surface area (Å²) in [5.41, 5.74) is 1.11. The molecule has 1 fully saturated rings. The van der Waals surface area contributed by atoms with Gasteiger partial charge in [-0.2, -0.15) is 0 Å². The van der Waals surface area contributed by atoms with E-state index < -0.39 is 11.7 Å². The lowest BCUT2D eigenvalue weighted by molar-refractivity contribution is -0.117. The van der Waals surface area contributed by atoms with Crippen LogP contribution >= 0.6 is 11.6 Å². The molecule has 3 heterocycles. The molecule has 1 N–H and O–H groups in total. The molecule has 2 aromatic heterocycles. The summed E-state index contributed by atoms with van der Waals surface area (Å²) >= 11 is 5.79. The molecule has 0 radical (unpaired) electrons. The molecule has 6 nitrogen and oxygen atoms in total. The molecule has 0 spiro atoms. The second kappa shape index (κ2) is 7.59. The molecule has 1 aliphatic rings. The summed E-state index contributed by atoms with van der Waals surface area (Å²) in [6, 6.07) is 6.82. The van der Waals surface area contributed by atoms with E-state index in [4.69, 9.17) is 16.0 Å². The Morgan fingerprint density at radius 2 is 2.25 bits per heavy atom. The average Bonchev–Trinajstić information content (AvgIpc) is 3.26. The zero-order valence-corrected chi connectivity index (χ0v) is 13.8. The first-order valence-corrected chi connectivity index (χ1v) is 8.18. The number of aromatic nitrogens is 1. The molecule has 0 bridgehead atoms. The van der Waals surface area contributed by atoms with Crippen molar-refractivity contribution in [3.05, 3.63) is 53.2 Å². The number of halogens is 1. The highest BCUT2D eigenvalue weighted by molar-refractivity contribution is 6.42. The van der Waals surface area contributed by atoms with Crippen LogP contribution in [0.25, 0.3) is 0 Å². The molecule has 126 valence electrons. The maximum atomic E-state index is 11.8. The molecular formula is C17H18ClN3O3. The molecule has 0 saturated carbocycles. The van der Waals surface area contributed by atoms with Crippen molar-refractivity contribution in [3.8, 4) is 0 Å². The fourth-order valence-corrected chi connectivity index (χ4v) is 2.93. The Labute approximate surface area is 144 Å². The van der Waals surface area contributed by atoms with E-state index in [0.717, 1.165) is 31.6 Å². The van der Waals surface area contributed by atoms with Crippen molar-refractivity contribution in [3.63, 3.8) is 0 Å². The minimum absolute atomic E-state index is 0.0655. The van der Waals surface area contributed by atoms with Crippen LogP contribution in [0.4, 0.5) is 0 Å². The van der Waals surface area contributed by atoms with Gasteiger partial charge in [0.05, 0.1) is 6.26 Å². The predicted octanol–water partition coefficient (Wildman–Crippen LogP) is 2.15. The number of nitrogens with zero attached hydrogens (tertiary/aromatic N) is 2. The topological polar surface area (TPSA) is 75.4 Å². The number of pyridine rings is 1. The van der Waals surface area contributed by atoms with Crippen molar-refractivity contribution in [2.45, 2.75) is 13.0 Å². The smallest absolute Gasteiger partial charge is 0.295 e. The highest BCUT2D eigenvalue weighted by atomic mass is 35.5. The quantitative estimate of drug-likeness (QED) is 0.492. The van der Waals surface area contributed by atoms with Gasteiger partial charge in [0.15, 0.2) is 5.76 Å². The number of ketones is 1. The molecule has 0 aliphatic carbocycles. The van der Waals surface area contributed by atoms with E-state index in [1.807, 2.05) is 6.07 Å². The third-order valence-electron chi connectivity index (χ3n) is 4.07. The van der Waals surface area contributed by atoms with Gasteiger partial charge in [0.25, 0.3) is 11.7 Å². The molecule has 1 aliphatic heterocycles. The number of furan rings is 1. The molecule has 7 heteroatoms. The number of carbonyl (C=O) groups is 2. The van der Waals surface area contributed by atoms with Crippen LogP contribution in [0.1, 0.15) is 22.5 Å². The van der Waals surface area contributed by atoms with Crippen LogP contribution in [0.2, 0.25) is 5.15 Å². The highest BCUT2D eigenvalue weighted by Gasteiger charge is 2.25. The summed E-state index contributed by atoms with van der Waals surface area (Å²) in [5, 5.41) is 3.19. The average molecular weight is 348 g/mol. The van der Waals surface area contributed by atoms with Gasteiger partial charge in [0, 0.05) is 25.8 Å². The molecule has 0 unspecified atom stereocenters. The number of carbonyl (C=O) groups excluding carboxylic acids is 2. The third kappa shape index (κ3) is 4.21. The number of rotatable bonds is 6. The molecular weight excluding hydrogens is 330 g/mol. The van der Waals surface area contributed by atoms with E-state index in [1.165, 1.54) is 12.3 Å². The number of amides is 1. The summed E-state index contributed by atoms with van der Waals surface area (Å²) in [7, 11) is 0. The Morgan fingerprint density at radius 3 is 2.96 bits per heavy atom. The van der Waals surface area contributed by atoms with E-state index in [-0.39, 0.29) is 5.76 Å². The predicted molar refractivity (Wildman–Crippen MR) is 88.7 cm³/mol. The van der Waals surface area contributed by atoms with Gasteiger partial charge < -0.3 is 9.73 Å². The largest absolute Gasteiger partial charge is 0.461 e. The lowest BCUT2D eigenvalue weighted by Crippen LogP contribution is -2.35. The van der Waals surface area contributed by atoms with Crippen LogP contribution in [-0.4, -0.2) is 41.2 Å². The van der Waals surface area contributed by atoms with E-state index >= 15 is 0 Å². The zero-order chi connectivity index (χ0) is 16.9. The third-order valence-corrected chi connectivity index (χ3v) is 4.29. The van der Waals surface area contributed by atoms with E-state index in [2.05, 4.69) is 15.2 Å². The first kappa shape index (κ1) is 16.7. The van der Waals surface area contributed by atoms with Gasteiger partial charge in [-0.3, -0.25) is 14.5 Å². The molecule has 24 heavy (non-hydrogen) atoms. The van der Waals surface area contributed by atoms with Crippen molar-refractivity contribution >= 4 is 23.3 Å². The monoisotopic (exact) mass is 347 g/mol. The summed E-state index contributed by atoms with van der Waals surface area (Å²) in [4.78, 5) is 30.0. The fraction of sp³-hybridized carbons (Fsp3) is 0.353. The van der Waals surface area contributed by atoms with E-state index in [9.17, 15) is 9.59 Å². The number of hydrogen-bond donors (Lipinski definition) is 1. The Bertz CT molecular complexity index is 700. The second-order valence-electron chi connectivity index (χ2n) is 5.90.